The smallest absolute Gasteiger partial charge is 0.272 e. The van der Waals surface area contributed by atoms with E-state index in [1.807, 2.05) is 0 Å². The minimum Gasteiger partial charge on any atom is -0.316 e. The predicted molar refractivity (Wildman–Crippen MR) is 130 cm³/mol. The fourth-order valence-corrected chi connectivity index (χ4v) is 6.09. The van der Waals surface area contributed by atoms with Crippen molar-refractivity contribution in [3.05, 3.63) is 97.5 Å². The van der Waals surface area contributed by atoms with Crippen molar-refractivity contribution in [1.82, 2.24) is 0 Å². The Morgan fingerprint density at radius 1 is 1.00 bits per heavy atom. The summed E-state index contributed by atoms with van der Waals surface area (Å²) >= 11 is 2.44. The Balaban J connectivity index is 1.45. The van der Waals surface area contributed by atoms with Crippen LogP contribution in [-0.4, -0.2) is 23.3 Å². The van der Waals surface area contributed by atoms with Crippen molar-refractivity contribution in [2.24, 2.45) is 0 Å². The number of nitrogens with zero attached hydrogens (tertiary/aromatic N) is 2. The molecule has 0 radical (unpaired) electrons. The van der Waals surface area contributed by atoms with Gasteiger partial charge in [-0.25, -0.2) is 13.2 Å². The number of fused-ring (bicyclic) bond motifs is 3. The monoisotopic (exact) mass is 529 g/mol. The zero-order valence-electron chi connectivity index (χ0n) is 18.1. The van der Waals surface area contributed by atoms with Gasteiger partial charge in [0.2, 0.25) is 0 Å². The fraction of sp³-hybridized carbons (Fsp3) is 0.0833. The Kier molecular flexibility index (Phi) is 6.06. The van der Waals surface area contributed by atoms with Crippen LogP contribution in [0.5, 0.6) is 0 Å². The number of carbonyl (C=O) groups excluding carboxylic acids is 2. The molecule has 5 rings (SSSR count). The molecule has 1 aliphatic heterocycles. The molecule has 12 heteroatoms. The van der Waals surface area contributed by atoms with Gasteiger partial charge >= 0.3 is 0 Å². The number of nitrogens with one attached hydrogen (secondary N) is 1. The number of halogens is 3. The van der Waals surface area contributed by atoms with E-state index in [-0.39, 0.29) is 17.0 Å². The number of benzene rings is 2. The molecule has 2 amide bonds. The van der Waals surface area contributed by atoms with Crippen LogP contribution < -0.4 is 10.2 Å². The van der Waals surface area contributed by atoms with E-state index in [9.17, 15) is 32.9 Å². The zero-order chi connectivity index (χ0) is 25.6. The number of para-hydroxylation sites is 1. The first kappa shape index (κ1) is 23.7. The first-order valence-electron chi connectivity index (χ1n) is 10.5. The fourth-order valence-electron chi connectivity index (χ4n) is 3.90. The zero-order valence-corrected chi connectivity index (χ0v) is 19.7. The Hall–Kier alpha value is -4.03. The number of rotatable bonds is 4. The van der Waals surface area contributed by atoms with Crippen LogP contribution >= 0.6 is 22.7 Å². The molecule has 0 spiro atoms. The van der Waals surface area contributed by atoms with Crippen molar-refractivity contribution < 1.29 is 27.7 Å². The molecule has 0 fully saturated rings. The second-order valence-corrected chi connectivity index (χ2v) is 9.75. The van der Waals surface area contributed by atoms with Crippen molar-refractivity contribution in [1.29, 1.82) is 0 Å². The van der Waals surface area contributed by atoms with E-state index in [1.165, 1.54) is 22.3 Å². The Morgan fingerprint density at radius 3 is 2.44 bits per heavy atom. The molecule has 0 unspecified atom stereocenters. The van der Waals surface area contributed by atoms with E-state index >= 15 is 0 Å². The van der Waals surface area contributed by atoms with E-state index in [1.54, 1.807) is 17.5 Å². The highest BCUT2D eigenvalue weighted by Gasteiger charge is 2.30. The van der Waals surface area contributed by atoms with Crippen LogP contribution in [0.4, 0.5) is 30.2 Å². The summed E-state index contributed by atoms with van der Waals surface area (Å²) < 4.78 is 42.5. The van der Waals surface area contributed by atoms with Crippen molar-refractivity contribution in [3.8, 4) is 9.75 Å². The number of thiophene rings is 2. The van der Waals surface area contributed by atoms with Crippen LogP contribution in [0.15, 0.2) is 53.9 Å². The normalized spacial score (nSPS) is 12.5. The Bertz CT molecular complexity index is 1530. The molecule has 0 aliphatic carbocycles. The Labute approximate surface area is 209 Å². The van der Waals surface area contributed by atoms with Crippen LogP contribution in [0.1, 0.15) is 25.6 Å². The standard InChI is InChI=1S/C24H14F3N3O4S2/c25-15-2-1-3-16(26)20(15)28-23(31)19-10-12-6-8-29(18-7-9-35-22(18)21(12)36-19)24(32)14-5-4-13(30(33)34)11-17(14)27/h1-5,7,9-11H,6,8H2,(H,28,31). The minimum absolute atomic E-state index is 0.158. The predicted octanol–water partition coefficient (Wildman–Crippen LogP) is 6.26. The van der Waals surface area contributed by atoms with Gasteiger partial charge < -0.3 is 10.2 Å². The highest BCUT2D eigenvalue weighted by Crippen LogP contribution is 2.45. The van der Waals surface area contributed by atoms with Crippen LogP contribution in [-0.2, 0) is 6.42 Å². The molecule has 0 bridgehead atoms. The lowest BCUT2D eigenvalue weighted by atomic mass is 10.1. The third kappa shape index (κ3) is 4.14. The molecule has 2 aromatic heterocycles. The van der Waals surface area contributed by atoms with Gasteiger partial charge in [0, 0.05) is 12.6 Å². The molecule has 4 aromatic rings. The summed E-state index contributed by atoms with van der Waals surface area (Å²) in [6.45, 7) is 0.158. The molecule has 7 nitrogen and oxygen atoms in total. The van der Waals surface area contributed by atoms with Gasteiger partial charge in [-0.15, -0.1) is 22.7 Å². The lowest BCUT2D eigenvalue weighted by Gasteiger charge is -2.21. The molecular formula is C24H14F3N3O4S2. The van der Waals surface area contributed by atoms with Crippen molar-refractivity contribution in [2.75, 3.05) is 16.8 Å². The van der Waals surface area contributed by atoms with Gasteiger partial charge in [-0.05, 0) is 47.7 Å². The largest absolute Gasteiger partial charge is 0.316 e. The maximum Gasteiger partial charge on any atom is 0.272 e. The number of hydrogen-bond acceptors (Lipinski definition) is 6. The number of amides is 2. The van der Waals surface area contributed by atoms with Crippen LogP contribution in [0, 0.1) is 27.6 Å². The summed E-state index contributed by atoms with van der Waals surface area (Å²) in [6, 6.07) is 9.46. The summed E-state index contributed by atoms with van der Waals surface area (Å²) in [5.74, 6) is -4.10. The van der Waals surface area contributed by atoms with Gasteiger partial charge in [0.1, 0.15) is 23.1 Å². The first-order valence-corrected chi connectivity index (χ1v) is 12.2. The third-order valence-electron chi connectivity index (χ3n) is 5.62. The summed E-state index contributed by atoms with van der Waals surface area (Å²) in [5, 5.41) is 14.9. The van der Waals surface area contributed by atoms with E-state index in [0.29, 0.717) is 23.1 Å². The minimum atomic E-state index is -0.996. The number of hydrogen-bond donors (Lipinski definition) is 1. The van der Waals surface area contributed by atoms with Gasteiger partial charge in [0.25, 0.3) is 17.5 Å². The number of nitro groups is 1. The molecule has 3 heterocycles. The van der Waals surface area contributed by atoms with E-state index in [2.05, 4.69) is 5.32 Å². The van der Waals surface area contributed by atoms with Gasteiger partial charge in [0.15, 0.2) is 0 Å². The molecule has 0 saturated carbocycles. The quantitative estimate of drug-likeness (QED) is 0.250. The second-order valence-electron chi connectivity index (χ2n) is 7.78. The molecule has 2 aromatic carbocycles. The first-order chi connectivity index (χ1) is 17.2. The molecule has 1 N–H and O–H groups in total. The lowest BCUT2D eigenvalue weighted by Crippen LogP contribution is -2.32. The Morgan fingerprint density at radius 2 is 1.75 bits per heavy atom. The maximum absolute atomic E-state index is 14.6. The van der Waals surface area contributed by atoms with Gasteiger partial charge in [0.05, 0.1) is 36.9 Å². The topological polar surface area (TPSA) is 92.6 Å². The molecule has 36 heavy (non-hydrogen) atoms. The van der Waals surface area contributed by atoms with Crippen molar-refractivity contribution in [3.63, 3.8) is 0 Å². The average molecular weight is 530 g/mol. The van der Waals surface area contributed by atoms with E-state index < -0.39 is 45.6 Å². The van der Waals surface area contributed by atoms with E-state index in [0.717, 1.165) is 46.0 Å². The summed E-state index contributed by atoms with van der Waals surface area (Å²) in [6.07, 6.45) is 0.328. The summed E-state index contributed by atoms with van der Waals surface area (Å²) in [5.41, 5.74) is -0.0306. The molecule has 0 atom stereocenters. The van der Waals surface area contributed by atoms with Crippen LogP contribution in [0.3, 0.4) is 0 Å². The van der Waals surface area contributed by atoms with Crippen molar-refractivity contribution >= 4 is 51.6 Å². The highest BCUT2D eigenvalue weighted by atomic mass is 32.1. The van der Waals surface area contributed by atoms with Gasteiger partial charge in [-0.2, -0.15) is 0 Å². The number of non-ortho nitro benzene ring substituents is 1. The van der Waals surface area contributed by atoms with Crippen molar-refractivity contribution in [2.45, 2.75) is 6.42 Å². The van der Waals surface area contributed by atoms with E-state index in [4.69, 9.17) is 0 Å². The SMILES string of the molecule is O=C(Nc1c(F)cccc1F)c1cc2c(s1)-c1sccc1N(C(=O)c1ccc([N+](=O)[O-])cc1F)CC2. The molecular weight excluding hydrogens is 515 g/mol. The second kappa shape index (κ2) is 9.21. The number of anilines is 2. The van der Waals surface area contributed by atoms with Crippen LogP contribution in [0.25, 0.3) is 9.75 Å². The van der Waals surface area contributed by atoms with Gasteiger partial charge in [-0.1, -0.05) is 6.07 Å². The molecule has 182 valence electrons. The maximum atomic E-state index is 14.6. The summed E-state index contributed by atoms with van der Waals surface area (Å²) in [7, 11) is 0. The third-order valence-corrected chi connectivity index (χ3v) is 7.86. The number of carbonyl (C=O) groups is 2. The van der Waals surface area contributed by atoms with Gasteiger partial charge in [-0.3, -0.25) is 19.7 Å². The van der Waals surface area contributed by atoms with Crippen LogP contribution in [0.2, 0.25) is 0 Å². The highest BCUT2D eigenvalue weighted by molar-refractivity contribution is 7.23. The molecule has 0 saturated heterocycles. The lowest BCUT2D eigenvalue weighted by molar-refractivity contribution is -0.385. The summed E-state index contributed by atoms with van der Waals surface area (Å²) in [4.78, 5) is 39.2. The average Bonchev–Trinajstić information content (AvgIpc) is 3.46. The molecule has 1 aliphatic rings. The number of nitro benzene ring substituents is 1.